The molecule has 2 heterocycles. The van der Waals surface area contributed by atoms with Gasteiger partial charge in [-0.1, -0.05) is 12.8 Å². The van der Waals surface area contributed by atoms with E-state index in [1.54, 1.807) is 0 Å². The predicted octanol–water partition coefficient (Wildman–Crippen LogP) is 2.10. The van der Waals surface area contributed by atoms with Crippen molar-refractivity contribution in [2.75, 3.05) is 26.2 Å². The van der Waals surface area contributed by atoms with Gasteiger partial charge in [0.05, 0.1) is 6.04 Å². The van der Waals surface area contributed by atoms with Gasteiger partial charge in [-0.15, -0.1) is 0 Å². The number of aromatic nitrogens is 2. The van der Waals surface area contributed by atoms with Crippen molar-refractivity contribution in [3.8, 4) is 0 Å². The quantitative estimate of drug-likeness (QED) is 0.903. The summed E-state index contributed by atoms with van der Waals surface area (Å²) in [6.45, 7) is 6.58. The molecule has 3 rings (SSSR count). The summed E-state index contributed by atoms with van der Waals surface area (Å²) >= 11 is 0. The molecule has 1 aromatic heterocycles. The summed E-state index contributed by atoms with van der Waals surface area (Å²) in [4.78, 5) is 11.8. The van der Waals surface area contributed by atoms with Crippen molar-refractivity contribution in [1.82, 2.24) is 20.2 Å². The number of hydrogen-bond donors (Lipinski definition) is 1. The van der Waals surface area contributed by atoms with Crippen LogP contribution in [0.1, 0.15) is 56.1 Å². The molecule has 4 nitrogen and oxygen atoms in total. The molecule has 1 atom stereocenters. The highest BCUT2D eigenvalue weighted by Gasteiger charge is 2.23. The first-order valence-electron chi connectivity index (χ1n) is 7.62. The SMILES string of the molecule is CC(c1nccc(C2CCCC2)n1)N1CCNCC1. The smallest absolute Gasteiger partial charge is 0.145 e. The lowest BCUT2D eigenvalue weighted by atomic mass is 10.0. The second-order valence-electron chi connectivity index (χ2n) is 5.78. The number of piperazine rings is 1. The van der Waals surface area contributed by atoms with E-state index in [1.165, 1.54) is 31.4 Å². The van der Waals surface area contributed by atoms with Crippen molar-refractivity contribution in [2.45, 2.75) is 44.6 Å². The Morgan fingerprint density at radius 2 is 2.00 bits per heavy atom. The lowest BCUT2D eigenvalue weighted by molar-refractivity contribution is 0.179. The maximum absolute atomic E-state index is 4.86. The Balaban J connectivity index is 1.74. The Kier molecular flexibility index (Phi) is 4.09. The van der Waals surface area contributed by atoms with Crippen molar-refractivity contribution in [3.05, 3.63) is 23.8 Å². The van der Waals surface area contributed by atoms with Crippen molar-refractivity contribution >= 4 is 0 Å². The Hall–Kier alpha value is -1.00. The lowest BCUT2D eigenvalue weighted by Crippen LogP contribution is -2.44. The molecule has 1 N–H and O–H groups in total. The largest absolute Gasteiger partial charge is 0.314 e. The minimum Gasteiger partial charge on any atom is -0.314 e. The molecule has 1 saturated heterocycles. The molecule has 0 amide bonds. The number of nitrogens with one attached hydrogen (secondary N) is 1. The second kappa shape index (κ2) is 5.97. The Morgan fingerprint density at radius 3 is 2.74 bits per heavy atom. The molecule has 0 aromatic carbocycles. The van der Waals surface area contributed by atoms with Crippen LogP contribution >= 0.6 is 0 Å². The van der Waals surface area contributed by atoms with Crippen LogP contribution in [0.25, 0.3) is 0 Å². The van der Waals surface area contributed by atoms with E-state index in [0.717, 1.165) is 32.0 Å². The van der Waals surface area contributed by atoms with Gasteiger partial charge in [0, 0.05) is 44.0 Å². The summed E-state index contributed by atoms with van der Waals surface area (Å²) in [5.41, 5.74) is 1.27. The van der Waals surface area contributed by atoms with Gasteiger partial charge in [-0.05, 0) is 25.8 Å². The average Bonchev–Trinajstić information content (AvgIpc) is 3.02. The molecule has 2 fully saturated rings. The minimum atomic E-state index is 0.337. The van der Waals surface area contributed by atoms with Gasteiger partial charge in [0.25, 0.3) is 0 Å². The molecule has 19 heavy (non-hydrogen) atoms. The molecule has 0 radical (unpaired) electrons. The zero-order chi connectivity index (χ0) is 13.1. The Labute approximate surface area is 115 Å². The molecular weight excluding hydrogens is 236 g/mol. The van der Waals surface area contributed by atoms with Gasteiger partial charge in [-0.25, -0.2) is 9.97 Å². The summed E-state index contributed by atoms with van der Waals surface area (Å²) in [5, 5.41) is 3.39. The average molecular weight is 260 g/mol. The molecule has 1 saturated carbocycles. The summed E-state index contributed by atoms with van der Waals surface area (Å²) in [6.07, 6.45) is 7.28. The first-order chi connectivity index (χ1) is 9.34. The highest BCUT2D eigenvalue weighted by atomic mass is 15.2. The van der Waals surface area contributed by atoms with Crippen molar-refractivity contribution < 1.29 is 0 Å². The van der Waals surface area contributed by atoms with Gasteiger partial charge < -0.3 is 5.32 Å². The van der Waals surface area contributed by atoms with Crippen molar-refractivity contribution in [1.29, 1.82) is 0 Å². The molecular formula is C15H24N4. The van der Waals surface area contributed by atoms with Gasteiger partial charge in [-0.2, -0.15) is 0 Å². The Morgan fingerprint density at radius 1 is 1.26 bits per heavy atom. The zero-order valence-corrected chi connectivity index (χ0v) is 11.8. The maximum Gasteiger partial charge on any atom is 0.145 e. The van der Waals surface area contributed by atoms with E-state index in [-0.39, 0.29) is 0 Å². The van der Waals surface area contributed by atoms with E-state index in [2.05, 4.69) is 28.2 Å². The highest BCUT2D eigenvalue weighted by molar-refractivity contribution is 5.11. The summed E-state index contributed by atoms with van der Waals surface area (Å²) < 4.78 is 0. The Bertz CT molecular complexity index is 408. The standard InChI is InChI=1S/C15H24N4/c1-12(19-10-8-16-9-11-19)15-17-7-6-14(18-15)13-4-2-3-5-13/h6-7,12-13,16H,2-5,8-11H2,1H3. The fraction of sp³-hybridized carbons (Fsp3) is 0.733. The van der Waals surface area contributed by atoms with Crippen molar-refractivity contribution in [2.24, 2.45) is 0 Å². The molecule has 104 valence electrons. The van der Waals surface area contributed by atoms with E-state index < -0.39 is 0 Å². The van der Waals surface area contributed by atoms with Crippen LogP contribution in [0.3, 0.4) is 0 Å². The first kappa shape index (κ1) is 13.0. The van der Waals surface area contributed by atoms with Crippen LogP contribution in [0, 0.1) is 0 Å². The molecule has 1 aliphatic carbocycles. The normalized spacial score (nSPS) is 23.6. The maximum atomic E-state index is 4.86. The molecule has 1 unspecified atom stereocenters. The third-order valence-electron chi connectivity index (χ3n) is 4.54. The van der Waals surface area contributed by atoms with Crippen LogP contribution in [0.15, 0.2) is 12.3 Å². The lowest BCUT2D eigenvalue weighted by Gasteiger charge is -2.32. The second-order valence-corrected chi connectivity index (χ2v) is 5.78. The van der Waals surface area contributed by atoms with Crippen LogP contribution in [0.5, 0.6) is 0 Å². The topological polar surface area (TPSA) is 41.1 Å². The van der Waals surface area contributed by atoms with E-state index >= 15 is 0 Å². The fourth-order valence-corrected chi connectivity index (χ4v) is 3.27. The third kappa shape index (κ3) is 2.95. The van der Waals surface area contributed by atoms with Gasteiger partial charge in [0.15, 0.2) is 0 Å². The summed E-state index contributed by atoms with van der Waals surface area (Å²) in [5.74, 6) is 1.68. The predicted molar refractivity (Wildman–Crippen MR) is 76.1 cm³/mol. The van der Waals surface area contributed by atoms with Crippen LogP contribution in [0.4, 0.5) is 0 Å². The van der Waals surface area contributed by atoms with E-state index in [1.807, 2.05) is 6.20 Å². The zero-order valence-electron chi connectivity index (χ0n) is 11.8. The number of hydrogen-bond acceptors (Lipinski definition) is 4. The van der Waals surface area contributed by atoms with Gasteiger partial charge in [-0.3, -0.25) is 4.90 Å². The van der Waals surface area contributed by atoms with E-state index in [0.29, 0.717) is 12.0 Å². The monoisotopic (exact) mass is 260 g/mol. The molecule has 2 aliphatic rings. The molecule has 0 spiro atoms. The van der Waals surface area contributed by atoms with Crippen LogP contribution in [0.2, 0.25) is 0 Å². The molecule has 4 heteroatoms. The molecule has 1 aliphatic heterocycles. The minimum absolute atomic E-state index is 0.337. The van der Waals surface area contributed by atoms with Crippen molar-refractivity contribution in [3.63, 3.8) is 0 Å². The molecule has 1 aromatic rings. The number of nitrogens with zero attached hydrogens (tertiary/aromatic N) is 3. The number of rotatable bonds is 3. The van der Waals surface area contributed by atoms with Gasteiger partial charge in [0.2, 0.25) is 0 Å². The van der Waals surface area contributed by atoms with E-state index in [4.69, 9.17) is 4.98 Å². The summed E-state index contributed by atoms with van der Waals surface area (Å²) in [6, 6.07) is 2.45. The molecule has 0 bridgehead atoms. The third-order valence-corrected chi connectivity index (χ3v) is 4.54. The van der Waals surface area contributed by atoms with Gasteiger partial charge >= 0.3 is 0 Å². The first-order valence-corrected chi connectivity index (χ1v) is 7.62. The van der Waals surface area contributed by atoms with Crippen LogP contribution < -0.4 is 5.32 Å². The van der Waals surface area contributed by atoms with Crippen LogP contribution in [-0.2, 0) is 0 Å². The fourth-order valence-electron chi connectivity index (χ4n) is 3.27. The summed E-state index contributed by atoms with van der Waals surface area (Å²) in [7, 11) is 0. The van der Waals surface area contributed by atoms with Crippen LogP contribution in [-0.4, -0.2) is 41.0 Å². The highest BCUT2D eigenvalue weighted by Crippen LogP contribution is 2.33. The van der Waals surface area contributed by atoms with E-state index in [9.17, 15) is 0 Å². The van der Waals surface area contributed by atoms with Gasteiger partial charge in [0.1, 0.15) is 5.82 Å².